The van der Waals surface area contributed by atoms with Crippen LogP contribution in [0.2, 0.25) is 0 Å². The van der Waals surface area contributed by atoms with Crippen molar-refractivity contribution in [1.82, 2.24) is 19.6 Å². The van der Waals surface area contributed by atoms with Crippen LogP contribution in [0.25, 0.3) is 5.65 Å². The number of nitrogens with one attached hydrogen (secondary N) is 1. The van der Waals surface area contributed by atoms with E-state index in [-0.39, 0.29) is 11.9 Å². The maximum absolute atomic E-state index is 12.5. The molecule has 2 aliphatic rings. The van der Waals surface area contributed by atoms with E-state index in [1.165, 1.54) is 0 Å². The molecule has 2 N–H and O–H groups in total. The summed E-state index contributed by atoms with van der Waals surface area (Å²) in [5.74, 6) is -0.685. The van der Waals surface area contributed by atoms with Crippen LogP contribution in [-0.4, -0.2) is 44.5 Å². The van der Waals surface area contributed by atoms with Crippen LogP contribution in [0.15, 0.2) is 24.5 Å². The van der Waals surface area contributed by atoms with Crippen molar-refractivity contribution in [1.29, 1.82) is 0 Å². The SMILES string of the molecule is Cc1ccc2nc(CNC(=O)N3C[C@@H]4CCC[C@@]4(C(=O)O)C3)cn2c1. The van der Waals surface area contributed by atoms with Crippen molar-refractivity contribution >= 4 is 17.6 Å². The van der Waals surface area contributed by atoms with Crippen molar-refractivity contribution < 1.29 is 14.7 Å². The first-order chi connectivity index (χ1) is 12.0. The van der Waals surface area contributed by atoms with Crippen LogP contribution in [0, 0.1) is 18.3 Å². The Morgan fingerprint density at radius 3 is 3.00 bits per heavy atom. The minimum atomic E-state index is -0.763. The standard InChI is InChI=1S/C18H22N4O3/c1-12-4-5-15-20-14(10-21(15)8-12)7-19-17(25)22-9-13-3-2-6-18(13,11-22)16(23)24/h4-5,8,10,13H,2-3,6-7,9,11H2,1H3,(H,19,25)(H,23,24)/t13-,18+/m0/s1. The normalized spacial score (nSPS) is 25.3. The van der Waals surface area contributed by atoms with Gasteiger partial charge in [-0.15, -0.1) is 0 Å². The van der Waals surface area contributed by atoms with E-state index < -0.39 is 11.4 Å². The lowest BCUT2D eigenvalue weighted by atomic mass is 9.81. The molecule has 7 heteroatoms. The molecule has 0 unspecified atom stereocenters. The lowest BCUT2D eigenvalue weighted by molar-refractivity contribution is -0.149. The number of carboxylic acids is 1. The summed E-state index contributed by atoms with van der Waals surface area (Å²) >= 11 is 0. The average Bonchev–Trinajstić information content (AvgIpc) is 3.23. The molecule has 7 nitrogen and oxygen atoms in total. The average molecular weight is 342 g/mol. The van der Waals surface area contributed by atoms with Crippen LogP contribution in [-0.2, 0) is 11.3 Å². The van der Waals surface area contributed by atoms with E-state index in [2.05, 4.69) is 10.3 Å². The van der Waals surface area contributed by atoms with Gasteiger partial charge in [0.05, 0.1) is 17.7 Å². The molecule has 1 aliphatic carbocycles. The summed E-state index contributed by atoms with van der Waals surface area (Å²) in [6, 6.07) is 3.74. The van der Waals surface area contributed by atoms with Crippen molar-refractivity contribution in [2.75, 3.05) is 13.1 Å². The van der Waals surface area contributed by atoms with Gasteiger partial charge in [-0.1, -0.05) is 12.5 Å². The molecule has 0 aromatic carbocycles. The number of imidazole rings is 1. The number of amides is 2. The Labute approximate surface area is 145 Å². The number of aliphatic carboxylic acids is 1. The van der Waals surface area contributed by atoms with Crippen LogP contribution in [0.3, 0.4) is 0 Å². The summed E-state index contributed by atoms with van der Waals surface area (Å²) < 4.78 is 1.94. The highest BCUT2D eigenvalue weighted by atomic mass is 16.4. The number of urea groups is 1. The predicted octanol–water partition coefficient (Wildman–Crippen LogP) is 2.04. The van der Waals surface area contributed by atoms with E-state index in [0.717, 1.165) is 29.7 Å². The molecule has 1 saturated heterocycles. The number of pyridine rings is 1. The van der Waals surface area contributed by atoms with Gasteiger partial charge in [-0.25, -0.2) is 9.78 Å². The quantitative estimate of drug-likeness (QED) is 0.894. The third-order valence-electron chi connectivity index (χ3n) is 5.65. The number of carboxylic acid groups (broad SMARTS) is 1. The second-order valence-electron chi connectivity index (χ2n) is 7.29. The Bertz CT molecular complexity index is 846. The molecule has 3 heterocycles. The lowest BCUT2D eigenvalue weighted by Gasteiger charge is -2.23. The van der Waals surface area contributed by atoms with Gasteiger partial charge in [0.15, 0.2) is 0 Å². The van der Waals surface area contributed by atoms with Gasteiger partial charge in [0, 0.05) is 25.5 Å². The molecule has 2 fully saturated rings. The van der Waals surface area contributed by atoms with E-state index in [1.807, 2.05) is 35.9 Å². The molecule has 2 amide bonds. The zero-order valence-corrected chi connectivity index (χ0v) is 14.2. The summed E-state index contributed by atoms with van der Waals surface area (Å²) in [5.41, 5.74) is 2.03. The topological polar surface area (TPSA) is 86.9 Å². The van der Waals surface area contributed by atoms with Gasteiger partial charge in [-0.05, 0) is 37.3 Å². The second kappa shape index (κ2) is 5.75. The number of hydrogen-bond acceptors (Lipinski definition) is 3. The number of rotatable bonds is 3. The largest absolute Gasteiger partial charge is 0.481 e. The molecule has 1 aliphatic heterocycles. The van der Waals surface area contributed by atoms with Crippen LogP contribution >= 0.6 is 0 Å². The third kappa shape index (κ3) is 2.63. The van der Waals surface area contributed by atoms with Gasteiger partial charge in [0.1, 0.15) is 5.65 Å². The highest BCUT2D eigenvalue weighted by molar-refractivity contribution is 5.80. The van der Waals surface area contributed by atoms with Crippen LogP contribution < -0.4 is 5.32 Å². The molecule has 2 atom stereocenters. The Balaban J connectivity index is 1.41. The summed E-state index contributed by atoms with van der Waals surface area (Å²) in [7, 11) is 0. The molecule has 132 valence electrons. The Morgan fingerprint density at radius 2 is 2.24 bits per heavy atom. The van der Waals surface area contributed by atoms with Gasteiger partial charge in [0.25, 0.3) is 0 Å². The van der Waals surface area contributed by atoms with E-state index in [1.54, 1.807) is 4.90 Å². The fraction of sp³-hybridized carbons (Fsp3) is 0.500. The van der Waals surface area contributed by atoms with Gasteiger partial charge < -0.3 is 19.7 Å². The fourth-order valence-electron chi connectivity index (χ4n) is 4.31. The molecular weight excluding hydrogens is 320 g/mol. The Hall–Kier alpha value is -2.57. The molecule has 2 aromatic rings. The van der Waals surface area contributed by atoms with Gasteiger partial charge >= 0.3 is 12.0 Å². The monoisotopic (exact) mass is 342 g/mol. The first kappa shape index (κ1) is 15.9. The molecule has 1 saturated carbocycles. The van der Waals surface area contributed by atoms with Crippen molar-refractivity contribution in [2.24, 2.45) is 11.3 Å². The third-order valence-corrected chi connectivity index (χ3v) is 5.65. The maximum Gasteiger partial charge on any atom is 0.317 e. The number of aromatic nitrogens is 2. The number of carbonyl (C=O) groups is 2. The molecule has 4 rings (SSSR count). The second-order valence-corrected chi connectivity index (χ2v) is 7.29. The highest BCUT2D eigenvalue weighted by Gasteiger charge is 2.55. The van der Waals surface area contributed by atoms with Crippen LogP contribution in [0.1, 0.15) is 30.5 Å². The smallest absolute Gasteiger partial charge is 0.317 e. The summed E-state index contributed by atoms with van der Waals surface area (Å²) in [4.78, 5) is 30.3. The van der Waals surface area contributed by atoms with Crippen LogP contribution in [0.5, 0.6) is 0 Å². The zero-order chi connectivity index (χ0) is 17.6. The van der Waals surface area contributed by atoms with E-state index in [0.29, 0.717) is 26.1 Å². The van der Waals surface area contributed by atoms with E-state index in [9.17, 15) is 14.7 Å². The number of carbonyl (C=O) groups excluding carboxylic acids is 1. The lowest BCUT2D eigenvalue weighted by Crippen LogP contribution is -2.41. The number of fused-ring (bicyclic) bond motifs is 2. The summed E-state index contributed by atoms with van der Waals surface area (Å²) in [5, 5.41) is 12.5. The summed E-state index contributed by atoms with van der Waals surface area (Å²) in [6.45, 7) is 3.19. The number of nitrogens with zero attached hydrogens (tertiary/aromatic N) is 3. The van der Waals surface area contributed by atoms with Crippen molar-refractivity contribution in [3.8, 4) is 0 Å². The number of aryl methyl sites for hydroxylation is 1. The molecule has 0 bridgehead atoms. The predicted molar refractivity (Wildman–Crippen MR) is 91.1 cm³/mol. The Kier molecular flexibility index (Phi) is 3.67. The first-order valence-electron chi connectivity index (χ1n) is 8.68. The van der Waals surface area contributed by atoms with Crippen molar-refractivity contribution in [3.63, 3.8) is 0 Å². The molecular formula is C18H22N4O3. The Morgan fingerprint density at radius 1 is 1.40 bits per heavy atom. The van der Waals surface area contributed by atoms with E-state index in [4.69, 9.17) is 0 Å². The molecule has 25 heavy (non-hydrogen) atoms. The zero-order valence-electron chi connectivity index (χ0n) is 14.2. The van der Waals surface area contributed by atoms with Gasteiger partial charge in [0.2, 0.25) is 0 Å². The minimum Gasteiger partial charge on any atom is -0.481 e. The van der Waals surface area contributed by atoms with E-state index >= 15 is 0 Å². The van der Waals surface area contributed by atoms with Crippen LogP contribution in [0.4, 0.5) is 4.79 Å². The fourth-order valence-corrected chi connectivity index (χ4v) is 4.31. The van der Waals surface area contributed by atoms with Gasteiger partial charge in [-0.3, -0.25) is 4.79 Å². The highest BCUT2D eigenvalue weighted by Crippen LogP contribution is 2.48. The van der Waals surface area contributed by atoms with Crippen molar-refractivity contribution in [3.05, 3.63) is 35.8 Å². The van der Waals surface area contributed by atoms with Crippen molar-refractivity contribution in [2.45, 2.75) is 32.7 Å². The number of hydrogen-bond donors (Lipinski definition) is 2. The van der Waals surface area contributed by atoms with Gasteiger partial charge in [-0.2, -0.15) is 0 Å². The molecule has 0 spiro atoms. The first-order valence-corrected chi connectivity index (χ1v) is 8.68. The number of likely N-dealkylation sites (tertiary alicyclic amines) is 1. The molecule has 0 radical (unpaired) electrons. The summed E-state index contributed by atoms with van der Waals surface area (Å²) in [6.07, 6.45) is 6.39. The molecule has 2 aromatic heterocycles. The minimum absolute atomic E-state index is 0.0777. The maximum atomic E-state index is 12.5.